The first kappa shape index (κ1) is 28.1. The van der Waals surface area contributed by atoms with Gasteiger partial charge in [-0.25, -0.2) is 19.3 Å². The predicted molar refractivity (Wildman–Crippen MR) is 170 cm³/mol. The van der Waals surface area contributed by atoms with E-state index in [4.69, 9.17) is 9.97 Å². The van der Waals surface area contributed by atoms with Crippen LogP contribution >= 0.6 is 0 Å². The van der Waals surface area contributed by atoms with Gasteiger partial charge in [0.05, 0.1) is 6.54 Å². The van der Waals surface area contributed by atoms with Crippen molar-refractivity contribution in [3.63, 3.8) is 0 Å². The van der Waals surface area contributed by atoms with Gasteiger partial charge in [0, 0.05) is 54.5 Å². The van der Waals surface area contributed by atoms with E-state index in [-0.39, 0.29) is 23.2 Å². The highest BCUT2D eigenvalue weighted by atomic mass is 16.1. The average Bonchev–Trinajstić information content (AvgIpc) is 3.55. The molecule has 5 aromatic rings. The van der Waals surface area contributed by atoms with E-state index in [1.165, 1.54) is 27.2 Å². The van der Waals surface area contributed by atoms with Gasteiger partial charge in [0.25, 0.3) is 11.1 Å². The molecule has 0 bridgehead atoms. The summed E-state index contributed by atoms with van der Waals surface area (Å²) in [6, 6.07) is 18.9. The Morgan fingerprint density at radius 1 is 1.00 bits per heavy atom. The van der Waals surface area contributed by atoms with E-state index in [0.29, 0.717) is 34.7 Å². The molecule has 1 unspecified atom stereocenters. The predicted octanol–water partition coefficient (Wildman–Crippen LogP) is 4.02. The first-order valence-electron chi connectivity index (χ1n) is 14.3. The van der Waals surface area contributed by atoms with Crippen LogP contribution in [0.5, 0.6) is 0 Å². The Bertz CT molecular complexity index is 1900. The van der Waals surface area contributed by atoms with Crippen molar-refractivity contribution >= 4 is 28.4 Å². The number of hydrogen-bond donors (Lipinski definition) is 2. The van der Waals surface area contributed by atoms with Crippen molar-refractivity contribution in [1.82, 2.24) is 34.2 Å². The number of pyridine rings is 2. The molecule has 1 aromatic carbocycles. The molecule has 43 heavy (non-hydrogen) atoms. The Kier molecular flexibility index (Phi) is 7.41. The quantitative estimate of drug-likeness (QED) is 0.266. The maximum absolute atomic E-state index is 13.4. The molecular weight excluding hydrogens is 542 g/mol. The number of fused-ring (bicyclic) bond motifs is 1. The van der Waals surface area contributed by atoms with Crippen molar-refractivity contribution in [3.8, 4) is 11.6 Å². The lowest BCUT2D eigenvalue weighted by Crippen LogP contribution is -2.44. The Morgan fingerprint density at radius 2 is 1.79 bits per heavy atom. The highest BCUT2D eigenvalue weighted by Gasteiger charge is 2.26. The molecule has 1 aliphatic rings. The van der Waals surface area contributed by atoms with Gasteiger partial charge in [-0.1, -0.05) is 18.2 Å². The van der Waals surface area contributed by atoms with E-state index < -0.39 is 0 Å². The highest BCUT2D eigenvalue weighted by molar-refractivity contribution is 5.77. The Morgan fingerprint density at radius 3 is 2.53 bits per heavy atom. The van der Waals surface area contributed by atoms with Gasteiger partial charge in [0.15, 0.2) is 11.5 Å². The zero-order valence-corrected chi connectivity index (χ0v) is 24.6. The van der Waals surface area contributed by atoms with Crippen molar-refractivity contribution in [2.24, 2.45) is 0 Å². The van der Waals surface area contributed by atoms with Crippen molar-refractivity contribution in [2.75, 3.05) is 23.3 Å². The van der Waals surface area contributed by atoms with Gasteiger partial charge in [0.1, 0.15) is 11.2 Å². The summed E-state index contributed by atoms with van der Waals surface area (Å²) in [6.45, 7) is 12.6. The maximum atomic E-state index is 13.4. The minimum Gasteiger partial charge on any atom is -0.370 e. The van der Waals surface area contributed by atoms with Crippen LogP contribution in [-0.2, 0) is 6.54 Å². The number of anilines is 3. The first-order chi connectivity index (χ1) is 20.7. The van der Waals surface area contributed by atoms with E-state index in [9.17, 15) is 9.59 Å². The summed E-state index contributed by atoms with van der Waals surface area (Å²) in [6.07, 6.45) is 5.92. The maximum Gasteiger partial charge on any atom is 0.278 e. The number of hydrogen-bond acceptors (Lipinski definition) is 8. The second kappa shape index (κ2) is 11.3. The Labute approximate surface area is 249 Å². The second-order valence-electron chi connectivity index (χ2n) is 11.7. The molecule has 1 atom stereocenters. The summed E-state index contributed by atoms with van der Waals surface area (Å²) in [5.74, 6) is 1.20. The van der Waals surface area contributed by atoms with E-state index in [0.717, 1.165) is 25.2 Å². The second-order valence-corrected chi connectivity index (χ2v) is 11.7. The van der Waals surface area contributed by atoms with Crippen molar-refractivity contribution in [3.05, 3.63) is 106 Å². The van der Waals surface area contributed by atoms with Crippen molar-refractivity contribution in [2.45, 2.75) is 45.3 Å². The molecule has 220 valence electrons. The van der Waals surface area contributed by atoms with Gasteiger partial charge in [-0.2, -0.15) is 4.98 Å². The molecule has 0 spiro atoms. The minimum absolute atomic E-state index is 0.0907. The largest absolute Gasteiger partial charge is 0.370 e. The fourth-order valence-electron chi connectivity index (χ4n) is 5.50. The molecule has 0 radical (unpaired) electrons. The van der Waals surface area contributed by atoms with Gasteiger partial charge in [-0.15, -0.1) is 6.58 Å². The van der Waals surface area contributed by atoms with E-state index in [2.05, 4.69) is 60.0 Å². The third-order valence-corrected chi connectivity index (χ3v) is 7.30. The molecule has 6 rings (SSSR count). The lowest BCUT2D eigenvalue weighted by molar-refractivity contribution is 0.373. The molecule has 4 aromatic heterocycles. The third kappa shape index (κ3) is 5.84. The first-order valence-corrected chi connectivity index (χ1v) is 14.3. The fourth-order valence-corrected chi connectivity index (χ4v) is 5.50. The standard InChI is InChI=1S/C32H35N9O2/c1-5-17-40-30(43)25-20-33-31(34-22-12-14-24(15-13-22)38-19-16-23(21-38)37-32(2,3)4)36-29(25)41(40)27-10-8-9-26(35-27)39-18-7-6-11-28(39)42/h5-15,18,20,23,37H,1,16-17,19,21H2,2-4H3,(H,33,34,36). The smallest absolute Gasteiger partial charge is 0.278 e. The fraction of sp³-hybridized carbons (Fsp3) is 0.281. The molecule has 11 nitrogen and oxygen atoms in total. The summed E-state index contributed by atoms with van der Waals surface area (Å²) in [5, 5.41) is 7.32. The molecule has 1 saturated heterocycles. The molecule has 5 heterocycles. The van der Waals surface area contributed by atoms with E-state index in [1.54, 1.807) is 47.3 Å². The summed E-state index contributed by atoms with van der Waals surface area (Å²) < 4.78 is 4.59. The van der Waals surface area contributed by atoms with E-state index >= 15 is 0 Å². The van der Waals surface area contributed by atoms with Gasteiger partial charge in [-0.05, 0) is 69.7 Å². The van der Waals surface area contributed by atoms with Crippen molar-refractivity contribution < 1.29 is 0 Å². The topological polar surface area (TPSA) is 115 Å². The van der Waals surface area contributed by atoms with Crippen LogP contribution in [0.15, 0.2) is 95.3 Å². The van der Waals surface area contributed by atoms with Crippen LogP contribution in [0.3, 0.4) is 0 Å². The van der Waals surface area contributed by atoms with Crippen LogP contribution in [-0.4, -0.2) is 53.6 Å². The number of aromatic nitrogens is 6. The minimum atomic E-state index is -0.264. The average molecular weight is 578 g/mol. The summed E-state index contributed by atoms with van der Waals surface area (Å²) in [4.78, 5) is 42.1. The van der Waals surface area contributed by atoms with Crippen LogP contribution in [0.1, 0.15) is 27.2 Å². The van der Waals surface area contributed by atoms with E-state index in [1.807, 2.05) is 12.1 Å². The summed E-state index contributed by atoms with van der Waals surface area (Å²) >= 11 is 0. The van der Waals surface area contributed by atoms with Gasteiger partial charge in [0.2, 0.25) is 5.95 Å². The zero-order chi connectivity index (χ0) is 30.1. The zero-order valence-electron chi connectivity index (χ0n) is 24.6. The van der Waals surface area contributed by atoms with Gasteiger partial charge >= 0.3 is 0 Å². The lowest BCUT2D eigenvalue weighted by atomic mass is 10.1. The number of nitrogens with zero attached hydrogens (tertiary/aromatic N) is 7. The van der Waals surface area contributed by atoms with Crippen LogP contribution in [0, 0.1) is 0 Å². The Balaban J connectivity index is 1.30. The van der Waals surface area contributed by atoms with Gasteiger partial charge in [-0.3, -0.25) is 14.2 Å². The molecular formula is C32H35N9O2. The molecule has 0 amide bonds. The van der Waals surface area contributed by atoms with Crippen LogP contribution in [0.2, 0.25) is 0 Å². The van der Waals surface area contributed by atoms with Crippen LogP contribution in [0.4, 0.5) is 17.3 Å². The highest BCUT2D eigenvalue weighted by Crippen LogP contribution is 2.25. The molecule has 11 heteroatoms. The lowest BCUT2D eigenvalue weighted by Gasteiger charge is -2.26. The molecule has 0 aliphatic carbocycles. The molecule has 2 N–H and O–H groups in total. The third-order valence-electron chi connectivity index (χ3n) is 7.30. The number of rotatable bonds is 8. The number of benzene rings is 1. The molecule has 0 saturated carbocycles. The summed E-state index contributed by atoms with van der Waals surface area (Å²) in [7, 11) is 0. The summed E-state index contributed by atoms with van der Waals surface area (Å²) in [5.41, 5.74) is 2.00. The number of nitrogens with one attached hydrogen (secondary N) is 2. The Hall–Kier alpha value is -5.03. The number of allylic oxidation sites excluding steroid dienone is 1. The normalized spacial score (nSPS) is 15.2. The van der Waals surface area contributed by atoms with Gasteiger partial charge < -0.3 is 15.5 Å². The molecule has 1 fully saturated rings. The molecule has 1 aliphatic heterocycles. The van der Waals surface area contributed by atoms with Crippen molar-refractivity contribution in [1.29, 1.82) is 0 Å². The van der Waals surface area contributed by atoms with Crippen LogP contribution in [0.25, 0.3) is 22.7 Å². The SMILES string of the molecule is C=CCn1c(=O)c2cnc(Nc3ccc(N4CCC(NC(C)(C)C)C4)cc3)nc2n1-c1cccc(-n2ccccc2=O)n1. The monoisotopic (exact) mass is 577 g/mol. The van der Waals surface area contributed by atoms with Crippen LogP contribution < -0.4 is 26.7 Å².